The zero-order valence-electron chi connectivity index (χ0n) is 22.6. The summed E-state index contributed by atoms with van der Waals surface area (Å²) in [5.74, 6) is 0.976. The van der Waals surface area contributed by atoms with Gasteiger partial charge in [0.15, 0.2) is 4.80 Å². The topological polar surface area (TPSA) is 79.1 Å². The summed E-state index contributed by atoms with van der Waals surface area (Å²) in [6.07, 6.45) is 1.84. The average Bonchev–Trinajstić information content (AvgIpc) is 3.27. The lowest BCUT2D eigenvalue weighted by atomic mass is 9.96. The predicted molar refractivity (Wildman–Crippen MR) is 155 cm³/mol. The Bertz CT molecular complexity index is 1700. The summed E-state index contributed by atoms with van der Waals surface area (Å²) in [5.41, 5.74) is 3.38. The smallest absolute Gasteiger partial charge is 0.338 e. The van der Waals surface area contributed by atoms with Crippen molar-refractivity contribution in [2.24, 2.45) is 4.99 Å². The molecule has 1 aliphatic heterocycles. The van der Waals surface area contributed by atoms with Gasteiger partial charge in [-0.05, 0) is 67.8 Å². The number of hydrogen-bond acceptors (Lipinski definition) is 7. The molecule has 1 unspecified atom stereocenters. The van der Waals surface area contributed by atoms with Crippen molar-refractivity contribution in [3.05, 3.63) is 127 Å². The minimum Gasteiger partial charge on any atom is -0.494 e. The lowest BCUT2D eigenvalue weighted by Crippen LogP contribution is -2.39. The summed E-state index contributed by atoms with van der Waals surface area (Å²) in [5, 5.41) is 0. The van der Waals surface area contributed by atoms with Gasteiger partial charge in [-0.25, -0.2) is 9.79 Å². The van der Waals surface area contributed by atoms with E-state index in [-0.39, 0.29) is 12.2 Å². The van der Waals surface area contributed by atoms with Crippen LogP contribution in [0, 0.1) is 0 Å². The Hall–Kier alpha value is -4.43. The summed E-state index contributed by atoms with van der Waals surface area (Å²) in [6.45, 7) is 6.70. The van der Waals surface area contributed by atoms with Crippen LogP contribution in [0.4, 0.5) is 0 Å². The van der Waals surface area contributed by atoms with Crippen LogP contribution in [-0.2, 0) is 16.1 Å². The van der Waals surface area contributed by atoms with Crippen molar-refractivity contribution in [2.45, 2.75) is 33.4 Å². The second kappa shape index (κ2) is 12.2. The van der Waals surface area contributed by atoms with Gasteiger partial charge in [-0.1, -0.05) is 65.9 Å². The summed E-state index contributed by atoms with van der Waals surface area (Å²) in [4.78, 5) is 32.0. The molecule has 0 radical (unpaired) electrons. The van der Waals surface area contributed by atoms with E-state index in [1.165, 1.54) is 11.3 Å². The van der Waals surface area contributed by atoms with E-state index >= 15 is 0 Å². The van der Waals surface area contributed by atoms with Crippen LogP contribution in [-0.4, -0.2) is 23.8 Å². The van der Waals surface area contributed by atoms with E-state index in [4.69, 9.17) is 14.2 Å². The molecule has 0 aliphatic carbocycles. The number of carbonyl (C=O) groups excluding carboxylic acids is 1. The Morgan fingerprint density at radius 3 is 2.27 bits per heavy atom. The Morgan fingerprint density at radius 1 is 0.925 bits per heavy atom. The molecular formula is C32H30N2O5S. The highest BCUT2D eigenvalue weighted by Crippen LogP contribution is 2.31. The molecule has 0 fully saturated rings. The average molecular weight is 555 g/mol. The molecule has 1 aliphatic rings. The quantitative estimate of drug-likeness (QED) is 0.279. The number of ether oxygens (including phenoxy) is 3. The third-order valence-electron chi connectivity index (χ3n) is 6.45. The maximum atomic E-state index is 13.8. The van der Waals surface area contributed by atoms with Crippen LogP contribution in [0.2, 0.25) is 0 Å². The molecule has 4 aromatic rings. The molecular weight excluding hydrogens is 524 g/mol. The van der Waals surface area contributed by atoms with Crippen molar-refractivity contribution < 1.29 is 19.0 Å². The van der Waals surface area contributed by atoms with E-state index in [9.17, 15) is 9.59 Å². The van der Waals surface area contributed by atoms with E-state index in [1.54, 1.807) is 18.4 Å². The summed E-state index contributed by atoms with van der Waals surface area (Å²) in [7, 11) is 0. The van der Waals surface area contributed by atoms with E-state index < -0.39 is 12.0 Å². The molecule has 3 aromatic carbocycles. The van der Waals surface area contributed by atoms with Crippen LogP contribution in [0.5, 0.6) is 11.5 Å². The molecule has 1 aromatic heterocycles. The van der Waals surface area contributed by atoms with Gasteiger partial charge in [0.05, 0.1) is 35.1 Å². The van der Waals surface area contributed by atoms with Crippen LogP contribution in [0.25, 0.3) is 6.08 Å². The molecule has 0 bridgehead atoms. The molecule has 5 rings (SSSR count). The lowest BCUT2D eigenvalue weighted by Gasteiger charge is -2.24. The lowest BCUT2D eigenvalue weighted by molar-refractivity contribution is -0.139. The fourth-order valence-corrected chi connectivity index (χ4v) is 5.62. The minimum atomic E-state index is -0.665. The first kappa shape index (κ1) is 27.1. The summed E-state index contributed by atoms with van der Waals surface area (Å²) >= 11 is 1.30. The third kappa shape index (κ3) is 5.77. The molecule has 0 amide bonds. The number of hydrogen-bond donors (Lipinski definition) is 0. The highest BCUT2D eigenvalue weighted by atomic mass is 32.1. The number of fused-ring (bicyclic) bond motifs is 1. The molecule has 2 heterocycles. The maximum Gasteiger partial charge on any atom is 0.338 e. The van der Waals surface area contributed by atoms with Crippen molar-refractivity contribution in [2.75, 3.05) is 13.2 Å². The first-order chi connectivity index (χ1) is 19.5. The first-order valence-electron chi connectivity index (χ1n) is 13.2. The molecule has 204 valence electrons. The van der Waals surface area contributed by atoms with E-state index in [0.717, 1.165) is 22.4 Å². The van der Waals surface area contributed by atoms with Gasteiger partial charge in [-0.15, -0.1) is 0 Å². The summed E-state index contributed by atoms with van der Waals surface area (Å²) < 4.78 is 19.0. The van der Waals surface area contributed by atoms with Crippen molar-refractivity contribution in [1.29, 1.82) is 0 Å². The van der Waals surface area contributed by atoms with Gasteiger partial charge in [-0.3, -0.25) is 9.36 Å². The zero-order valence-corrected chi connectivity index (χ0v) is 23.4. The molecule has 0 saturated carbocycles. The third-order valence-corrected chi connectivity index (χ3v) is 7.43. The van der Waals surface area contributed by atoms with Crippen molar-refractivity contribution >= 4 is 23.4 Å². The molecule has 40 heavy (non-hydrogen) atoms. The van der Waals surface area contributed by atoms with Crippen LogP contribution >= 0.6 is 11.3 Å². The standard InChI is InChI=1S/C32H30N2O5S/c1-4-37-25-17-13-24(14-18-25)29-28(31(36)38-5-2)21(3)33-32-34(29)30(35)27(40-32)19-22-11-15-26(16-12-22)39-20-23-9-7-6-8-10-23/h6-19,29H,4-5,20H2,1-3H3. The van der Waals surface area contributed by atoms with Gasteiger partial charge in [0.1, 0.15) is 18.1 Å². The first-order valence-corrected chi connectivity index (χ1v) is 14.0. The second-order valence-corrected chi connectivity index (χ2v) is 10.2. The number of esters is 1. The second-order valence-electron chi connectivity index (χ2n) is 9.15. The Labute approximate surface area is 236 Å². The van der Waals surface area contributed by atoms with Crippen LogP contribution in [0.1, 0.15) is 43.5 Å². The molecule has 0 N–H and O–H groups in total. The normalized spacial score (nSPS) is 14.9. The van der Waals surface area contributed by atoms with Gasteiger partial charge >= 0.3 is 5.97 Å². The molecule has 0 spiro atoms. The summed E-state index contributed by atoms with van der Waals surface area (Å²) in [6, 6.07) is 24.3. The number of thiazole rings is 1. The van der Waals surface area contributed by atoms with Crippen molar-refractivity contribution in [3.63, 3.8) is 0 Å². The Kier molecular flexibility index (Phi) is 8.26. The van der Waals surface area contributed by atoms with Gasteiger partial charge in [0.25, 0.3) is 5.56 Å². The van der Waals surface area contributed by atoms with Gasteiger partial charge in [0, 0.05) is 0 Å². The van der Waals surface area contributed by atoms with Gasteiger partial charge in [-0.2, -0.15) is 0 Å². The highest BCUT2D eigenvalue weighted by molar-refractivity contribution is 7.07. The maximum absolute atomic E-state index is 13.8. The van der Waals surface area contributed by atoms with Crippen LogP contribution in [0.15, 0.2) is 99.9 Å². The number of nitrogens with zero attached hydrogens (tertiary/aromatic N) is 2. The Morgan fingerprint density at radius 2 is 1.60 bits per heavy atom. The number of benzene rings is 3. The fourth-order valence-electron chi connectivity index (χ4n) is 4.57. The van der Waals surface area contributed by atoms with Gasteiger partial charge < -0.3 is 14.2 Å². The zero-order chi connectivity index (χ0) is 28.1. The number of allylic oxidation sites excluding steroid dienone is 1. The predicted octanol–water partition coefficient (Wildman–Crippen LogP) is 4.78. The monoisotopic (exact) mass is 554 g/mol. The minimum absolute atomic E-state index is 0.221. The molecule has 0 saturated heterocycles. The van der Waals surface area contributed by atoms with Crippen molar-refractivity contribution in [1.82, 2.24) is 4.57 Å². The number of rotatable bonds is 9. The SMILES string of the molecule is CCOC(=O)C1=C(C)N=c2sc(=Cc3ccc(OCc4ccccc4)cc3)c(=O)n2C1c1ccc(OCC)cc1. The fraction of sp³-hybridized carbons (Fsp3) is 0.219. The van der Waals surface area contributed by atoms with Gasteiger partial charge in [0.2, 0.25) is 0 Å². The van der Waals surface area contributed by atoms with E-state index in [2.05, 4.69) is 4.99 Å². The Balaban J connectivity index is 1.50. The molecule has 1 atom stereocenters. The number of aromatic nitrogens is 1. The number of carbonyl (C=O) groups is 1. The van der Waals surface area contributed by atoms with Crippen molar-refractivity contribution in [3.8, 4) is 11.5 Å². The largest absolute Gasteiger partial charge is 0.494 e. The van der Waals surface area contributed by atoms with E-state index in [1.807, 2.05) is 91.9 Å². The van der Waals surface area contributed by atoms with Crippen LogP contribution < -0.4 is 24.4 Å². The molecule has 7 nitrogen and oxygen atoms in total. The van der Waals surface area contributed by atoms with Crippen LogP contribution in [0.3, 0.4) is 0 Å². The highest BCUT2D eigenvalue weighted by Gasteiger charge is 2.33. The molecule has 8 heteroatoms. The van der Waals surface area contributed by atoms with E-state index in [0.29, 0.717) is 39.6 Å².